The maximum absolute atomic E-state index is 11.3. The lowest BCUT2D eigenvalue weighted by Crippen LogP contribution is -2.21. The molecule has 1 N–H and O–H groups in total. The molecule has 0 aromatic carbocycles. The first-order chi connectivity index (χ1) is 10.3. The Hall–Kier alpha value is -1.14. The van der Waals surface area contributed by atoms with E-state index in [-0.39, 0.29) is 5.97 Å². The molecule has 0 amide bonds. The number of hydrogen-bond acceptors (Lipinski definition) is 6. The minimum Gasteiger partial charge on any atom is -0.466 e. The van der Waals surface area contributed by atoms with Crippen LogP contribution in [0.5, 0.6) is 0 Å². The van der Waals surface area contributed by atoms with Gasteiger partial charge in [-0.05, 0) is 32.6 Å². The molecule has 1 aliphatic heterocycles. The molecule has 1 aromatic rings. The number of nitrogens with zero attached hydrogens (tertiary/aromatic N) is 1. The van der Waals surface area contributed by atoms with Crippen molar-refractivity contribution in [3.63, 3.8) is 0 Å². The van der Waals surface area contributed by atoms with Gasteiger partial charge in [0, 0.05) is 25.0 Å². The van der Waals surface area contributed by atoms with E-state index in [2.05, 4.69) is 10.3 Å². The van der Waals surface area contributed by atoms with E-state index in [4.69, 9.17) is 9.47 Å². The number of carbonyl (C=O) groups excluding carboxylic acids is 1. The Balaban J connectivity index is 1.64. The van der Waals surface area contributed by atoms with Crippen molar-refractivity contribution in [2.24, 2.45) is 0 Å². The molecule has 2 heterocycles. The number of ether oxygens (including phenoxy) is 2. The third kappa shape index (κ3) is 6.01. The lowest BCUT2D eigenvalue weighted by atomic mass is 10.1. The first kappa shape index (κ1) is 16.2. The number of hydrogen-bond donors (Lipinski definition) is 1. The highest BCUT2D eigenvalue weighted by Crippen LogP contribution is 2.19. The fourth-order valence-corrected chi connectivity index (χ4v) is 3.12. The van der Waals surface area contributed by atoms with Gasteiger partial charge in [0.1, 0.15) is 0 Å². The molecule has 0 bridgehead atoms. The normalized spacial score (nSPS) is 18.4. The number of anilines is 1. The van der Waals surface area contributed by atoms with E-state index in [1.165, 1.54) is 19.3 Å². The van der Waals surface area contributed by atoms with Crippen LogP contribution in [0.3, 0.4) is 0 Å². The molecule has 0 spiro atoms. The van der Waals surface area contributed by atoms with Crippen LogP contribution in [0.15, 0.2) is 5.38 Å². The van der Waals surface area contributed by atoms with Crippen LogP contribution < -0.4 is 5.32 Å². The van der Waals surface area contributed by atoms with Crippen molar-refractivity contribution in [3.05, 3.63) is 11.1 Å². The summed E-state index contributed by atoms with van der Waals surface area (Å²) in [5, 5.41) is 6.26. The zero-order chi connectivity index (χ0) is 14.9. The molecule has 1 aromatic heterocycles. The number of thiazole rings is 1. The van der Waals surface area contributed by atoms with Crippen molar-refractivity contribution >= 4 is 22.4 Å². The van der Waals surface area contributed by atoms with Crippen LogP contribution in [-0.4, -0.2) is 36.8 Å². The molecule has 21 heavy (non-hydrogen) atoms. The van der Waals surface area contributed by atoms with Gasteiger partial charge in [-0.1, -0.05) is 0 Å². The first-order valence-corrected chi connectivity index (χ1v) is 8.61. The van der Waals surface area contributed by atoms with Crippen molar-refractivity contribution in [2.75, 3.05) is 25.1 Å². The van der Waals surface area contributed by atoms with Crippen LogP contribution in [-0.2, 0) is 20.7 Å². The van der Waals surface area contributed by atoms with Crippen molar-refractivity contribution in [3.8, 4) is 0 Å². The molecular weight excluding hydrogens is 288 g/mol. The Morgan fingerprint density at radius 2 is 2.48 bits per heavy atom. The van der Waals surface area contributed by atoms with Gasteiger partial charge in [-0.3, -0.25) is 4.79 Å². The second kappa shape index (κ2) is 9.00. The van der Waals surface area contributed by atoms with Crippen molar-refractivity contribution < 1.29 is 14.3 Å². The highest BCUT2D eigenvalue weighted by atomic mass is 32.1. The van der Waals surface area contributed by atoms with E-state index in [1.54, 1.807) is 11.3 Å². The highest BCUT2D eigenvalue weighted by molar-refractivity contribution is 7.13. The lowest BCUT2D eigenvalue weighted by Gasteiger charge is -2.22. The second-order valence-corrected chi connectivity index (χ2v) is 6.01. The maximum Gasteiger partial charge on any atom is 0.306 e. The van der Waals surface area contributed by atoms with E-state index < -0.39 is 0 Å². The smallest absolute Gasteiger partial charge is 0.306 e. The van der Waals surface area contributed by atoms with Crippen molar-refractivity contribution in [1.82, 2.24) is 4.98 Å². The number of aryl methyl sites for hydroxylation is 1. The Morgan fingerprint density at radius 1 is 1.57 bits per heavy atom. The molecule has 2 rings (SSSR count). The van der Waals surface area contributed by atoms with E-state index in [0.29, 0.717) is 25.6 Å². The first-order valence-electron chi connectivity index (χ1n) is 7.73. The summed E-state index contributed by atoms with van der Waals surface area (Å²) < 4.78 is 10.6. The summed E-state index contributed by atoms with van der Waals surface area (Å²) in [7, 11) is 0. The second-order valence-electron chi connectivity index (χ2n) is 5.15. The Kier molecular flexibility index (Phi) is 6.95. The van der Waals surface area contributed by atoms with Gasteiger partial charge in [-0.25, -0.2) is 4.98 Å². The number of carbonyl (C=O) groups is 1. The third-order valence-electron chi connectivity index (χ3n) is 3.46. The zero-order valence-corrected chi connectivity index (χ0v) is 13.4. The van der Waals surface area contributed by atoms with Gasteiger partial charge >= 0.3 is 5.97 Å². The quantitative estimate of drug-likeness (QED) is 0.748. The number of rotatable bonds is 8. The highest BCUT2D eigenvalue weighted by Gasteiger charge is 2.13. The van der Waals surface area contributed by atoms with Crippen LogP contribution >= 0.6 is 11.3 Å². The number of aromatic nitrogens is 1. The molecule has 6 heteroatoms. The van der Waals surface area contributed by atoms with Gasteiger partial charge in [0.25, 0.3) is 0 Å². The monoisotopic (exact) mass is 312 g/mol. The van der Waals surface area contributed by atoms with E-state index >= 15 is 0 Å². The van der Waals surface area contributed by atoms with E-state index in [0.717, 1.165) is 30.4 Å². The molecule has 1 aliphatic rings. The molecule has 118 valence electrons. The Bertz CT molecular complexity index is 430. The van der Waals surface area contributed by atoms with Crippen LogP contribution in [0, 0.1) is 0 Å². The average molecular weight is 312 g/mol. The van der Waals surface area contributed by atoms with Gasteiger partial charge < -0.3 is 14.8 Å². The fourth-order valence-electron chi connectivity index (χ4n) is 2.34. The predicted octanol–water partition coefficient (Wildman–Crippen LogP) is 3.01. The largest absolute Gasteiger partial charge is 0.466 e. The lowest BCUT2D eigenvalue weighted by molar-refractivity contribution is -0.143. The SMILES string of the molecule is CCOC(=O)CCc1csc(NCCC2CCCCO2)n1. The maximum atomic E-state index is 11.3. The van der Waals surface area contributed by atoms with E-state index in [1.807, 2.05) is 12.3 Å². The zero-order valence-electron chi connectivity index (χ0n) is 12.6. The Morgan fingerprint density at radius 3 is 3.24 bits per heavy atom. The molecule has 0 radical (unpaired) electrons. The van der Waals surface area contributed by atoms with Crippen LogP contribution in [0.4, 0.5) is 5.13 Å². The summed E-state index contributed by atoms with van der Waals surface area (Å²) in [4.78, 5) is 15.8. The van der Waals surface area contributed by atoms with Crippen LogP contribution in [0.2, 0.25) is 0 Å². The summed E-state index contributed by atoms with van der Waals surface area (Å²) >= 11 is 1.59. The minimum absolute atomic E-state index is 0.158. The summed E-state index contributed by atoms with van der Waals surface area (Å²) in [6.45, 7) is 4.04. The average Bonchev–Trinajstić information content (AvgIpc) is 2.95. The van der Waals surface area contributed by atoms with Crippen molar-refractivity contribution in [1.29, 1.82) is 0 Å². The van der Waals surface area contributed by atoms with Gasteiger partial charge in [0.2, 0.25) is 0 Å². The van der Waals surface area contributed by atoms with Gasteiger partial charge in [0.05, 0.1) is 24.8 Å². The molecule has 1 unspecified atom stereocenters. The number of esters is 1. The standard InChI is InChI=1S/C15H24N2O3S/c1-2-19-14(18)7-6-12-11-21-15(17-12)16-9-8-13-5-3-4-10-20-13/h11,13H,2-10H2,1H3,(H,16,17). The molecule has 1 fully saturated rings. The molecular formula is C15H24N2O3S. The topological polar surface area (TPSA) is 60.5 Å². The molecule has 0 saturated carbocycles. The van der Waals surface area contributed by atoms with Gasteiger partial charge in [-0.2, -0.15) is 0 Å². The summed E-state index contributed by atoms with van der Waals surface area (Å²) in [6, 6.07) is 0. The molecule has 5 nitrogen and oxygen atoms in total. The minimum atomic E-state index is -0.158. The fraction of sp³-hybridized carbons (Fsp3) is 0.733. The summed E-state index contributed by atoms with van der Waals surface area (Å²) in [5.41, 5.74) is 0.949. The predicted molar refractivity (Wildman–Crippen MR) is 83.8 cm³/mol. The van der Waals surface area contributed by atoms with Crippen LogP contribution in [0.1, 0.15) is 44.7 Å². The van der Waals surface area contributed by atoms with Crippen LogP contribution in [0.25, 0.3) is 0 Å². The summed E-state index contributed by atoms with van der Waals surface area (Å²) in [5.74, 6) is -0.158. The van der Waals surface area contributed by atoms with Gasteiger partial charge in [-0.15, -0.1) is 11.3 Å². The molecule has 1 atom stereocenters. The molecule has 0 aliphatic carbocycles. The summed E-state index contributed by atoms with van der Waals surface area (Å²) in [6.07, 6.45) is 6.10. The van der Waals surface area contributed by atoms with Crippen molar-refractivity contribution in [2.45, 2.75) is 51.6 Å². The third-order valence-corrected chi connectivity index (χ3v) is 4.31. The molecule has 1 saturated heterocycles. The van der Waals surface area contributed by atoms with Gasteiger partial charge in [0.15, 0.2) is 5.13 Å². The van der Waals surface area contributed by atoms with E-state index in [9.17, 15) is 4.79 Å². The number of nitrogens with one attached hydrogen (secondary N) is 1. The Labute approximate surface area is 130 Å².